The molecule has 2 aliphatic heterocycles. The van der Waals surface area contributed by atoms with Gasteiger partial charge in [-0.1, -0.05) is 6.07 Å². The lowest BCUT2D eigenvalue weighted by Crippen LogP contribution is -2.46. The lowest BCUT2D eigenvalue weighted by atomic mass is 9.81. The predicted molar refractivity (Wildman–Crippen MR) is 140 cm³/mol. The first-order valence-corrected chi connectivity index (χ1v) is 12.5. The third kappa shape index (κ3) is 4.50. The first-order chi connectivity index (χ1) is 17.9. The summed E-state index contributed by atoms with van der Waals surface area (Å²) in [6.07, 6.45) is 0.810. The minimum Gasteiger partial charge on any atom is -0.496 e. The van der Waals surface area contributed by atoms with E-state index >= 15 is 0 Å². The number of carbonyl (C=O) groups is 3. The first kappa shape index (κ1) is 27.1. The van der Waals surface area contributed by atoms with E-state index in [4.69, 9.17) is 9.47 Å². The maximum Gasteiger partial charge on any atom is 0.414 e. The largest absolute Gasteiger partial charge is 0.496 e. The summed E-state index contributed by atoms with van der Waals surface area (Å²) in [5.74, 6) is -0.530. The number of aldehydes is 1. The number of methoxy groups -OCH3 is 1. The van der Waals surface area contributed by atoms with Crippen molar-refractivity contribution in [3.63, 3.8) is 0 Å². The van der Waals surface area contributed by atoms with Gasteiger partial charge in [0.15, 0.2) is 0 Å². The smallest absolute Gasteiger partial charge is 0.414 e. The number of carboxylic acids is 1. The van der Waals surface area contributed by atoms with Gasteiger partial charge in [-0.15, -0.1) is 0 Å². The summed E-state index contributed by atoms with van der Waals surface area (Å²) in [6, 6.07) is 7.89. The number of aliphatic carboxylic acids is 1. The van der Waals surface area contributed by atoms with E-state index in [2.05, 4.69) is 6.07 Å². The lowest BCUT2D eigenvalue weighted by Gasteiger charge is -2.42. The zero-order chi connectivity index (χ0) is 28.0. The average Bonchev–Trinajstić information content (AvgIpc) is 3.45. The van der Waals surface area contributed by atoms with Crippen LogP contribution in [0.3, 0.4) is 0 Å². The van der Waals surface area contributed by atoms with Crippen molar-refractivity contribution >= 4 is 24.0 Å². The van der Waals surface area contributed by atoms with Crippen molar-refractivity contribution < 1.29 is 29.0 Å². The van der Waals surface area contributed by atoms with Crippen LogP contribution in [0.15, 0.2) is 24.3 Å². The van der Waals surface area contributed by atoms with Crippen LogP contribution < -0.4 is 9.64 Å². The van der Waals surface area contributed by atoms with E-state index in [0.717, 1.165) is 23.0 Å². The van der Waals surface area contributed by atoms with Crippen molar-refractivity contribution in [1.82, 2.24) is 4.90 Å². The topological polar surface area (TPSA) is 120 Å². The summed E-state index contributed by atoms with van der Waals surface area (Å²) >= 11 is 0. The molecule has 0 spiro atoms. The number of ether oxygens (including phenoxy) is 2. The second-order valence-corrected chi connectivity index (χ2v) is 11.0. The molecule has 4 rings (SSSR count). The molecule has 1 N–H and O–H groups in total. The number of aryl methyl sites for hydroxylation is 1. The van der Waals surface area contributed by atoms with E-state index in [9.17, 15) is 24.8 Å². The molecular formula is C29H33N3O6. The van der Waals surface area contributed by atoms with Gasteiger partial charge >= 0.3 is 12.1 Å². The molecule has 0 aromatic heterocycles. The predicted octanol–water partition coefficient (Wildman–Crippen LogP) is 4.62. The maximum absolute atomic E-state index is 13.1. The molecule has 0 radical (unpaired) electrons. The Balaban J connectivity index is 1.91. The number of carboxylic acid groups (broad SMARTS) is 1. The summed E-state index contributed by atoms with van der Waals surface area (Å²) in [5, 5.41) is 19.7. The van der Waals surface area contributed by atoms with Gasteiger partial charge in [-0.25, -0.2) is 4.79 Å². The normalized spacial score (nSPS) is 18.2. The summed E-state index contributed by atoms with van der Waals surface area (Å²) in [5.41, 5.74) is 3.01. The fourth-order valence-corrected chi connectivity index (χ4v) is 5.82. The van der Waals surface area contributed by atoms with Crippen molar-refractivity contribution in [2.24, 2.45) is 0 Å². The van der Waals surface area contributed by atoms with Crippen molar-refractivity contribution in [3.05, 3.63) is 57.6 Å². The summed E-state index contributed by atoms with van der Waals surface area (Å²) in [6.45, 7) is 9.78. The van der Waals surface area contributed by atoms with Gasteiger partial charge in [0.2, 0.25) is 0 Å². The van der Waals surface area contributed by atoms with Gasteiger partial charge in [0, 0.05) is 25.1 Å². The van der Waals surface area contributed by atoms with Gasteiger partial charge in [0.05, 0.1) is 30.0 Å². The van der Waals surface area contributed by atoms with Crippen molar-refractivity contribution in [2.45, 2.75) is 71.2 Å². The average molecular weight is 520 g/mol. The number of carbonyl (C=O) groups excluding carboxylic acids is 2. The fraction of sp³-hybridized carbons (Fsp3) is 0.448. The minimum absolute atomic E-state index is 0.00578. The highest BCUT2D eigenvalue weighted by atomic mass is 16.6. The summed E-state index contributed by atoms with van der Waals surface area (Å²) in [7, 11) is 1.54. The third-order valence-corrected chi connectivity index (χ3v) is 7.35. The number of fused-ring (bicyclic) bond motifs is 2. The monoisotopic (exact) mass is 519 g/mol. The third-order valence-electron chi connectivity index (χ3n) is 7.35. The van der Waals surface area contributed by atoms with E-state index in [1.807, 2.05) is 40.7 Å². The number of hydrogen-bond acceptors (Lipinski definition) is 7. The molecule has 2 atom stereocenters. The molecule has 200 valence electrons. The number of amides is 1. The first-order valence-electron chi connectivity index (χ1n) is 12.5. The number of hydrogen-bond donors (Lipinski definition) is 1. The highest BCUT2D eigenvalue weighted by molar-refractivity contribution is 5.93. The molecule has 2 unspecified atom stereocenters. The molecule has 9 nitrogen and oxygen atoms in total. The second kappa shape index (κ2) is 9.76. The fourth-order valence-electron chi connectivity index (χ4n) is 5.82. The van der Waals surface area contributed by atoms with Crippen LogP contribution in [0.25, 0.3) is 0 Å². The quantitative estimate of drug-likeness (QED) is 0.549. The molecule has 0 aliphatic carbocycles. The zero-order valence-corrected chi connectivity index (χ0v) is 22.6. The van der Waals surface area contributed by atoms with Crippen LogP contribution in [-0.2, 0) is 32.8 Å². The molecule has 38 heavy (non-hydrogen) atoms. The summed E-state index contributed by atoms with van der Waals surface area (Å²) in [4.78, 5) is 41.3. The van der Waals surface area contributed by atoms with E-state index in [1.165, 1.54) is 0 Å². The number of rotatable bonds is 6. The van der Waals surface area contributed by atoms with Crippen molar-refractivity contribution in [3.8, 4) is 11.8 Å². The van der Waals surface area contributed by atoms with E-state index in [0.29, 0.717) is 41.1 Å². The van der Waals surface area contributed by atoms with Crippen molar-refractivity contribution in [2.75, 3.05) is 18.6 Å². The van der Waals surface area contributed by atoms with Crippen LogP contribution in [0.5, 0.6) is 5.75 Å². The van der Waals surface area contributed by atoms with Gasteiger partial charge in [0.25, 0.3) is 0 Å². The van der Waals surface area contributed by atoms with Crippen LogP contribution in [-0.4, -0.2) is 47.6 Å². The van der Waals surface area contributed by atoms with Gasteiger partial charge in [0.1, 0.15) is 23.7 Å². The molecule has 0 fully saturated rings. The Hall–Kier alpha value is -3.90. The number of nitrogens with zero attached hydrogens (tertiary/aromatic N) is 3. The van der Waals surface area contributed by atoms with Crippen molar-refractivity contribution in [1.29, 1.82) is 5.26 Å². The Bertz CT molecular complexity index is 1360. The second-order valence-electron chi connectivity index (χ2n) is 11.0. The van der Waals surface area contributed by atoms with Crippen LogP contribution in [0.2, 0.25) is 0 Å². The Morgan fingerprint density at radius 2 is 1.95 bits per heavy atom. The number of benzene rings is 2. The maximum atomic E-state index is 13.1. The van der Waals surface area contributed by atoms with Gasteiger partial charge in [-0.2, -0.15) is 5.26 Å². The van der Waals surface area contributed by atoms with Gasteiger partial charge in [-0.05, 0) is 81.5 Å². The molecule has 9 heteroatoms. The highest BCUT2D eigenvalue weighted by Crippen LogP contribution is 2.51. The number of anilines is 1. The van der Waals surface area contributed by atoms with Gasteiger partial charge in [-0.3, -0.25) is 14.6 Å². The molecule has 2 aromatic carbocycles. The molecule has 2 aliphatic rings. The Kier molecular flexibility index (Phi) is 6.97. The van der Waals surface area contributed by atoms with Crippen LogP contribution in [0, 0.1) is 18.3 Å². The minimum atomic E-state index is -1.09. The molecule has 0 saturated carbocycles. The highest BCUT2D eigenvalue weighted by Gasteiger charge is 2.49. The van der Waals surface area contributed by atoms with Crippen LogP contribution in [0.4, 0.5) is 10.5 Å². The Labute approximate surface area is 222 Å². The summed E-state index contributed by atoms with van der Waals surface area (Å²) < 4.78 is 11.5. The molecule has 2 heterocycles. The Morgan fingerprint density at radius 3 is 2.53 bits per heavy atom. The Morgan fingerprint density at radius 1 is 1.24 bits per heavy atom. The van der Waals surface area contributed by atoms with Gasteiger partial charge < -0.3 is 19.4 Å². The standard InChI is InChI=1S/C29H33N3O6/c1-17-13-22(37-6)23(21-9-11-31(24(17)21)27(36)38-28(2,3)4)29(5,10-12-33)32-16-19-14-18(15-30)7-8-20(19)25(32)26(34)35/h7-8,12-14,25H,9-11,16H2,1-6H3,(H,34,35). The van der Waals surface area contributed by atoms with Crippen LogP contribution in [0.1, 0.15) is 73.5 Å². The molecular weight excluding hydrogens is 486 g/mol. The van der Waals surface area contributed by atoms with Crippen LogP contribution >= 0.6 is 0 Å². The van der Waals surface area contributed by atoms with E-state index < -0.39 is 29.2 Å². The number of nitriles is 1. The SMILES string of the molecule is COc1cc(C)c2c(c1C(C)(CC=O)N1Cc3cc(C#N)ccc3C1C(=O)O)CCN2C(=O)OC(C)(C)C. The molecule has 1 amide bonds. The molecule has 0 saturated heterocycles. The van der Waals surface area contributed by atoms with E-state index in [1.54, 1.807) is 35.1 Å². The molecule has 2 aromatic rings. The van der Waals surface area contributed by atoms with E-state index in [-0.39, 0.29) is 13.0 Å². The zero-order valence-electron chi connectivity index (χ0n) is 22.6. The lowest BCUT2D eigenvalue weighted by molar-refractivity contribution is -0.147. The molecule has 0 bridgehead atoms.